The molecule has 1 aliphatic rings. The van der Waals surface area contributed by atoms with E-state index in [0.717, 1.165) is 32.4 Å². The molecular formula is C12H21N3O2S. The van der Waals surface area contributed by atoms with Crippen molar-refractivity contribution in [1.82, 2.24) is 15.1 Å². The highest BCUT2D eigenvalue weighted by Gasteiger charge is 2.23. The number of aryl methyl sites for hydroxylation is 1. The standard InChI is InChI=1S/C12H21N3O2S/c1-2-7-15-12(3-6-14-15)10-13-11-4-8-18(16,17)9-5-11/h3,6,11,13H,2,4-5,7-10H2,1H3. The third-order valence-corrected chi connectivity index (χ3v) is 5.08. The molecule has 0 atom stereocenters. The number of sulfone groups is 1. The predicted molar refractivity (Wildman–Crippen MR) is 71.0 cm³/mol. The molecule has 0 aromatic carbocycles. The third kappa shape index (κ3) is 3.55. The summed E-state index contributed by atoms with van der Waals surface area (Å²) >= 11 is 0. The van der Waals surface area contributed by atoms with Gasteiger partial charge in [-0.3, -0.25) is 4.68 Å². The Balaban J connectivity index is 1.83. The molecule has 0 unspecified atom stereocenters. The molecule has 102 valence electrons. The van der Waals surface area contributed by atoms with E-state index in [-0.39, 0.29) is 0 Å². The fourth-order valence-electron chi connectivity index (χ4n) is 2.27. The van der Waals surface area contributed by atoms with Gasteiger partial charge in [-0.15, -0.1) is 0 Å². The molecule has 0 aliphatic carbocycles. The van der Waals surface area contributed by atoms with Crippen LogP contribution in [0.5, 0.6) is 0 Å². The van der Waals surface area contributed by atoms with E-state index in [1.54, 1.807) is 0 Å². The summed E-state index contributed by atoms with van der Waals surface area (Å²) in [6.07, 6.45) is 4.34. The first-order valence-electron chi connectivity index (χ1n) is 6.55. The van der Waals surface area contributed by atoms with Crippen molar-refractivity contribution in [2.45, 2.75) is 45.3 Å². The van der Waals surface area contributed by atoms with Crippen LogP contribution in [0, 0.1) is 0 Å². The summed E-state index contributed by atoms with van der Waals surface area (Å²) in [6, 6.07) is 2.33. The number of nitrogens with one attached hydrogen (secondary N) is 1. The molecule has 2 rings (SSSR count). The van der Waals surface area contributed by atoms with Gasteiger partial charge in [0.2, 0.25) is 0 Å². The van der Waals surface area contributed by atoms with Gasteiger partial charge < -0.3 is 5.32 Å². The number of nitrogens with zero attached hydrogens (tertiary/aromatic N) is 2. The van der Waals surface area contributed by atoms with Crippen molar-refractivity contribution in [2.24, 2.45) is 0 Å². The van der Waals surface area contributed by atoms with E-state index < -0.39 is 9.84 Å². The Morgan fingerprint density at radius 2 is 2.17 bits per heavy atom. The van der Waals surface area contributed by atoms with Crippen LogP contribution in [-0.2, 0) is 22.9 Å². The maximum atomic E-state index is 11.3. The zero-order valence-electron chi connectivity index (χ0n) is 10.8. The van der Waals surface area contributed by atoms with E-state index in [1.807, 2.05) is 16.9 Å². The van der Waals surface area contributed by atoms with Crippen molar-refractivity contribution in [2.75, 3.05) is 11.5 Å². The monoisotopic (exact) mass is 271 g/mol. The first-order valence-corrected chi connectivity index (χ1v) is 8.37. The topological polar surface area (TPSA) is 64.0 Å². The SMILES string of the molecule is CCCn1nccc1CNC1CCS(=O)(=O)CC1. The van der Waals surface area contributed by atoms with Gasteiger partial charge in [0.1, 0.15) is 9.84 Å². The Bertz CT molecular complexity index is 467. The molecule has 5 nitrogen and oxygen atoms in total. The predicted octanol–water partition coefficient (Wildman–Crippen LogP) is 0.960. The highest BCUT2D eigenvalue weighted by Crippen LogP contribution is 2.13. The van der Waals surface area contributed by atoms with Crippen LogP contribution in [0.3, 0.4) is 0 Å². The molecule has 6 heteroatoms. The molecule has 0 saturated carbocycles. The van der Waals surface area contributed by atoms with Gasteiger partial charge in [0.25, 0.3) is 0 Å². The van der Waals surface area contributed by atoms with Crippen LogP contribution < -0.4 is 5.32 Å². The average molecular weight is 271 g/mol. The number of rotatable bonds is 5. The Morgan fingerprint density at radius 3 is 2.83 bits per heavy atom. The van der Waals surface area contributed by atoms with Crippen LogP contribution in [0.15, 0.2) is 12.3 Å². The van der Waals surface area contributed by atoms with Crippen LogP contribution in [0.4, 0.5) is 0 Å². The maximum Gasteiger partial charge on any atom is 0.150 e. The molecule has 1 saturated heterocycles. The van der Waals surface area contributed by atoms with Gasteiger partial charge in [0.05, 0.1) is 17.2 Å². The van der Waals surface area contributed by atoms with Crippen LogP contribution in [0.2, 0.25) is 0 Å². The molecule has 0 spiro atoms. The highest BCUT2D eigenvalue weighted by molar-refractivity contribution is 7.91. The summed E-state index contributed by atoms with van der Waals surface area (Å²) in [4.78, 5) is 0. The van der Waals surface area contributed by atoms with Crippen molar-refractivity contribution in [3.8, 4) is 0 Å². The lowest BCUT2D eigenvalue weighted by molar-refractivity contribution is 0.448. The summed E-state index contributed by atoms with van der Waals surface area (Å²) in [5, 5.41) is 7.71. The largest absolute Gasteiger partial charge is 0.308 e. The molecule has 1 N–H and O–H groups in total. The van der Waals surface area contributed by atoms with E-state index in [1.165, 1.54) is 5.69 Å². The Labute approximate surface area is 108 Å². The fraction of sp³-hybridized carbons (Fsp3) is 0.750. The summed E-state index contributed by atoms with van der Waals surface area (Å²) in [7, 11) is -2.76. The van der Waals surface area contributed by atoms with Crippen molar-refractivity contribution in [1.29, 1.82) is 0 Å². The first-order chi connectivity index (χ1) is 8.61. The zero-order chi connectivity index (χ0) is 13.0. The Morgan fingerprint density at radius 1 is 1.44 bits per heavy atom. The lowest BCUT2D eigenvalue weighted by Crippen LogP contribution is -2.37. The van der Waals surface area contributed by atoms with Crippen molar-refractivity contribution < 1.29 is 8.42 Å². The summed E-state index contributed by atoms with van der Waals surface area (Å²) in [5.41, 5.74) is 1.17. The quantitative estimate of drug-likeness (QED) is 0.866. The lowest BCUT2D eigenvalue weighted by Gasteiger charge is -2.23. The van der Waals surface area contributed by atoms with Gasteiger partial charge in [-0.05, 0) is 25.3 Å². The minimum absolute atomic E-state index is 0.318. The van der Waals surface area contributed by atoms with Gasteiger partial charge in [0, 0.05) is 25.3 Å². The normalized spacial score (nSPS) is 20.1. The lowest BCUT2D eigenvalue weighted by atomic mass is 10.1. The Kier molecular flexibility index (Phi) is 4.40. The smallest absolute Gasteiger partial charge is 0.150 e. The third-order valence-electron chi connectivity index (χ3n) is 3.37. The number of hydrogen-bond acceptors (Lipinski definition) is 4. The Hall–Kier alpha value is -0.880. The fourth-order valence-corrected chi connectivity index (χ4v) is 3.76. The molecule has 2 heterocycles. The second kappa shape index (κ2) is 5.84. The molecule has 0 radical (unpaired) electrons. The summed E-state index contributed by atoms with van der Waals surface area (Å²) in [6.45, 7) is 3.83. The number of aromatic nitrogens is 2. The van der Waals surface area contributed by atoms with Gasteiger partial charge >= 0.3 is 0 Å². The van der Waals surface area contributed by atoms with Crippen molar-refractivity contribution >= 4 is 9.84 Å². The minimum atomic E-state index is -2.76. The van der Waals surface area contributed by atoms with Crippen LogP contribution in [0.1, 0.15) is 31.9 Å². The zero-order valence-corrected chi connectivity index (χ0v) is 11.6. The van der Waals surface area contributed by atoms with Gasteiger partial charge in [-0.1, -0.05) is 6.92 Å². The van der Waals surface area contributed by atoms with E-state index in [0.29, 0.717) is 17.5 Å². The molecular weight excluding hydrogens is 250 g/mol. The molecule has 1 aromatic heterocycles. The average Bonchev–Trinajstić information content (AvgIpc) is 2.76. The maximum absolute atomic E-state index is 11.3. The van der Waals surface area contributed by atoms with Crippen LogP contribution in [-0.4, -0.2) is 35.7 Å². The number of hydrogen-bond donors (Lipinski definition) is 1. The summed E-state index contributed by atoms with van der Waals surface area (Å²) in [5.74, 6) is 0.637. The van der Waals surface area contributed by atoms with E-state index in [9.17, 15) is 8.42 Å². The van der Waals surface area contributed by atoms with E-state index in [4.69, 9.17) is 0 Å². The van der Waals surface area contributed by atoms with E-state index in [2.05, 4.69) is 17.3 Å². The molecule has 0 bridgehead atoms. The first kappa shape index (κ1) is 13.5. The van der Waals surface area contributed by atoms with Crippen molar-refractivity contribution in [3.63, 3.8) is 0 Å². The van der Waals surface area contributed by atoms with Gasteiger partial charge in [-0.25, -0.2) is 8.42 Å². The van der Waals surface area contributed by atoms with E-state index >= 15 is 0 Å². The van der Waals surface area contributed by atoms with Crippen LogP contribution in [0.25, 0.3) is 0 Å². The second-order valence-corrected chi connectivity index (χ2v) is 7.16. The summed E-state index contributed by atoms with van der Waals surface area (Å²) < 4.78 is 24.7. The van der Waals surface area contributed by atoms with Crippen molar-refractivity contribution in [3.05, 3.63) is 18.0 Å². The van der Waals surface area contributed by atoms with Crippen LogP contribution >= 0.6 is 0 Å². The second-order valence-electron chi connectivity index (χ2n) is 4.85. The van der Waals surface area contributed by atoms with Gasteiger partial charge in [0.15, 0.2) is 0 Å². The highest BCUT2D eigenvalue weighted by atomic mass is 32.2. The molecule has 18 heavy (non-hydrogen) atoms. The van der Waals surface area contributed by atoms with Gasteiger partial charge in [-0.2, -0.15) is 5.10 Å². The minimum Gasteiger partial charge on any atom is -0.308 e. The molecule has 0 amide bonds. The molecule has 1 fully saturated rings. The molecule has 1 aromatic rings. The molecule has 1 aliphatic heterocycles.